The highest BCUT2D eigenvalue weighted by Gasteiger charge is 2.28. The Morgan fingerprint density at radius 1 is 1.06 bits per heavy atom. The van der Waals surface area contributed by atoms with E-state index >= 15 is 0 Å². The smallest absolute Gasteiger partial charge is 0.343 e. The summed E-state index contributed by atoms with van der Waals surface area (Å²) >= 11 is 11.6. The van der Waals surface area contributed by atoms with Gasteiger partial charge < -0.3 is 14.8 Å². The number of carbonyl (C=O) groups is 4. The van der Waals surface area contributed by atoms with E-state index < -0.39 is 23.8 Å². The fraction of sp³-hybridized carbons (Fsp3) is 0.278. The summed E-state index contributed by atoms with van der Waals surface area (Å²) in [6.07, 6.45) is 2.29. The molecule has 0 aliphatic carbocycles. The van der Waals surface area contributed by atoms with Crippen molar-refractivity contribution in [2.45, 2.75) is 20.3 Å². The Bertz CT molecular complexity index is 1220. The number of nitrogens with one attached hydrogen (secondary N) is 1. The first kappa shape index (κ1) is 23.2. The standard InChI is InChI=1S/C9H7Cl2N3O2.C9H9N3O4/c1-2-16-9(15)5-4-12-14-7(11)3-6(10)13-8(5)14;1-2-16-9(15)5-4-10-12-7(14)3-6(13)11-8(5)12/h3-4H,2H2,1H3;4H,2-3H2,1H3,(H,11,13). The molecule has 4 rings (SSSR count). The van der Waals surface area contributed by atoms with Gasteiger partial charge in [-0.25, -0.2) is 19.1 Å². The van der Waals surface area contributed by atoms with Gasteiger partial charge >= 0.3 is 11.9 Å². The highest BCUT2D eigenvalue weighted by molar-refractivity contribution is 6.33. The summed E-state index contributed by atoms with van der Waals surface area (Å²) in [5.74, 6) is -1.94. The van der Waals surface area contributed by atoms with Crippen LogP contribution in [0.5, 0.6) is 0 Å². The zero-order valence-corrected chi connectivity index (χ0v) is 18.3. The van der Waals surface area contributed by atoms with Gasteiger partial charge in [0.1, 0.15) is 27.9 Å². The second-order valence-corrected chi connectivity index (χ2v) is 6.85. The van der Waals surface area contributed by atoms with Gasteiger partial charge in [-0.3, -0.25) is 9.59 Å². The van der Waals surface area contributed by atoms with Gasteiger partial charge in [0.05, 0.1) is 25.6 Å². The Labute approximate surface area is 190 Å². The lowest BCUT2D eigenvalue weighted by molar-refractivity contribution is -0.115. The van der Waals surface area contributed by atoms with Gasteiger partial charge in [0.25, 0.3) is 5.91 Å². The molecule has 0 unspecified atom stereocenters. The molecule has 1 aliphatic rings. The highest BCUT2D eigenvalue weighted by Crippen LogP contribution is 2.21. The van der Waals surface area contributed by atoms with E-state index in [1.165, 1.54) is 23.0 Å². The van der Waals surface area contributed by atoms with Crippen LogP contribution in [0.2, 0.25) is 10.3 Å². The number of nitrogens with zero attached hydrogens (tertiary/aromatic N) is 5. The van der Waals surface area contributed by atoms with E-state index in [4.69, 9.17) is 32.7 Å². The maximum absolute atomic E-state index is 11.5. The van der Waals surface area contributed by atoms with Crippen LogP contribution in [-0.2, 0) is 14.3 Å². The summed E-state index contributed by atoms with van der Waals surface area (Å²) < 4.78 is 11.9. The normalized spacial score (nSPS) is 12.5. The molecule has 0 bridgehead atoms. The lowest BCUT2D eigenvalue weighted by atomic mass is 10.2. The number of esters is 2. The summed E-state index contributed by atoms with van der Waals surface area (Å²) in [5.41, 5.74) is 0.616. The number of rotatable bonds is 4. The number of ether oxygens (including phenoxy) is 2. The average Bonchev–Trinajstić information content (AvgIpc) is 3.33. The summed E-state index contributed by atoms with van der Waals surface area (Å²) in [4.78, 5) is 49.5. The first-order chi connectivity index (χ1) is 15.3. The molecule has 32 heavy (non-hydrogen) atoms. The zero-order chi connectivity index (χ0) is 23.4. The zero-order valence-electron chi connectivity index (χ0n) is 16.8. The van der Waals surface area contributed by atoms with Crippen LogP contribution in [0.1, 0.15) is 45.8 Å². The third-order valence-corrected chi connectivity index (χ3v) is 4.43. The highest BCUT2D eigenvalue weighted by atomic mass is 35.5. The SMILES string of the molecule is CCOC(=O)c1cnn2c(Cl)cc(Cl)nc12.CCOC(=O)c1cnn2c1NC(=O)CC2=O. The minimum absolute atomic E-state index is 0.0831. The van der Waals surface area contributed by atoms with E-state index in [2.05, 4.69) is 20.5 Å². The van der Waals surface area contributed by atoms with Gasteiger partial charge in [-0.2, -0.15) is 14.9 Å². The fourth-order valence-electron chi connectivity index (χ4n) is 2.66. The minimum atomic E-state index is -0.612. The van der Waals surface area contributed by atoms with E-state index in [9.17, 15) is 19.2 Å². The van der Waals surface area contributed by atoms with Crippen molar-refractivity contribution in [2.75, 3.05) is 18.5 Å². The second-order valence-electron chi connectivity index (χ2n) is 6.07. The van der Waals surface area contributed by atoms with Crippen LogP contribution in [0, 0.1) is 0 Å². The molecule has 0 saturated heterocycles. The number of hydrogen-bond acceptors (Lipinski definition) is 9. The predicted octanol–water partition coefficient (Wildman–Crippen LogP) is 2.25. The molecule has 0 radical (unpaired) electrons. The maximum atomic E-state index is 11.5. The monoisotopic (exact) mass is 482 g/mol. The van der Waals surface area contributed by atoms with Crippen LogP contribution < -0.4 is 5.32 Å². The molecule has 0 aromatic carbocycles. The predicted molar refractivity (Wildman–Crippen MR) is 111 cm³/mol. The molecule has 0 atom stereocenters. The van der Waals surface area contributed by atoms with Crippen LogP contribution in [-0.4, -0.2) is 61.3 Å². The third-order valence-electron chi connectivity index (χ3n) is 3.96. The summed E-state index contributed by atoms with van der Waals surface area (Å²) in [6, 6.07) is 1.44. The van der Waals surface area contributed by atoms with Gasteiger partial charge in [-0.1, -0.05) is 23.2 Å². The topological polar surface area (TPSA) is 147 Å². The molecule has 168 valence electrons. The summed E-state index contributed by atoms with van der Waals surface area (Å²) in [5, 5.41) is 10.6. The van der Waals surface area contributed by atoms with E-state index in [-0.39, 0.29) is 52.5 Å². The van der Waals surface area contributed by atoms with Crippen molar-refractivity contribution in [2.24, 2.45) is 0 Å². The molecule has 3 aromatic heterocycles. The Hall–Kier alpha value is -3.51. The maximum Gasteiger partial charge on any atom is 0.343 e. The molecule has 1 N–H and O–H groups in total. The van der Waals surface area contributed by atoms with Crippen LogP contribution in [0.25, 0.3) is 5.65 Å². The first-order valence-corrected chi connectivity index (χ1v) is 9.97. The average molecular weight is 483 g/mol. The van der Waals surface area contributed by atoms with Gasteiger partial charge in [0.2, 0.25) is 5.91 Å². The van der Waals surface area contributed by atoms with Crippen molar-refractivity contribution in [3.63, 3.8) is 0 Å². The van der Waals surface area contributed by atoms with Crippen molar-refractivity contribution in [3.05, 3.63) is 39.9 Å². The Morgan fingerprint density at radius 2 is 1.69 bits per heavy atom. The number of amides is 1. The lowest BCUT2D eigenvalue weighted by Crippen LogP contribution is -2.30. The van der Waals surface area contributed by atoms with Gasteiger partial charge in [-0.05, 0) is 13.8 Å². The number of halogens is 2. The van der Waals surface area contributed by atoms with Gasteiger partial charge in [0.15, 0.2) is 11.5 Å². The lowest BCUT2D eigenvalue weighted by Gasteiger charge is -2.13. The fourth-order valence-corrected chi connectivity index (χ4v) is 3.12. The summed E-state index contributed by atoms with van der Waals surface area (Å²) in [7, 11) is 0. The van der Waals surface area contributed by atoms with E-state index in [1.807, 2.05) is 0 Å². The van der Waals surface area contributed by atoms with Crippen molar-refractivity contribution < 1.29 is 28.7 Å². The Kier molecular flexibility index (Phi) is 7.05. The number of hydrogen-bond donors (Lipinski definition) is 1. The van der Waals surface area contributed by atoms with Crippen LogP contribution in [0.15, 0.2) is 18.5 Å². The Morgan fingerprint density at radius 3 is 2.34 bits per heavy atom. The number of carbonyl (C=O) groups excluding carboxylic acids is 4. The first-order valence-electron chi connectivity index (χ1n) is 9.21. The summed E-state index contributed by atoms with van der Waals surface area (Å²) in [6.45, 7) is 3.88. The number of aromatic nitrogens is 5. The van der Waals surface area contributed by atoms with Gasteiger partial charge in [-0.15, -0.1) is 0 Å². The molecule has 0 spiro atoms. The Balaban J connectivity index is 0.000000181. The second kappa shape index (κ2) is 9.75. The van der Waals surface area contributed by atoms with Crippen LogP contribution >= 0.6 is 23.2 Å². The molecule has 0 saturated carbocycles. The molecular formula is C18H16Cl2N6O6. The largest absolute Gasteiger partial charge is 0.462 e. The van der Waals surface area contributed by atoms with Gasteiger partial charge in [0, 0.05) is 6.07 Å². The minimum Gasteiger partial charge on any atom is -0.462 e. The van der Waals surface area contributed by atoms with Crippen molar-refractivity contribution >= 4 is 58.4 Å². The molecule has 1 aliphatic heterocycles. The quantitative estimate of drug-likeness (QED) is 0.335. The van der Waals surface area contributed by atoms with Crippen molar-refractivity contribution in [3.8, 4) is 0 Å². The molecule has 12 nitrogen and oxygen atoms in total. The molecule has 0 fully saturated rings. The van der Waals surface area contributed by atoms with E-state index in [1.54, 1.807) is 13.8 Å². The molecule has 3 aromatic rings. The van der Waals surface area contributed by atoms with Crippen molar-refractivity contribution in [1.82, 2.24) is 24.4 Å². The van der Waals surface area contributed by atoms with E-state index in [0.29, 0.717) is 0 Å². The molecule has 4 heterocycles. The van der Waals surface area contributed by atoms with Crippen molar-refractivity contribution in [1.29, 1.82) is 0 Å². The number of anilines is 1. The molecule has 14 heteroatoms. The van der Waals surface area contributed by atoms with E-state index in [0.717, 1.165) is 4.68 Å². The molecular weight excluding hydrogens is 467 g/mol. The molecule has 1 amide bonds. The third kappa shape index (κ3) is 4.70. The van der Waals surface area contributed by atoms with Crippen LogP contribution in [0.3, 0.4) is 0 Å². The number of fused-ring (bicyclic) bond motifs is 2. The van der Waals surface area contributed by atoms with Crippen LogP contribution in [0.4, 0.5) is 5.82 Å².